The summed E-state index contributed by atoms with van der Waals surface area (Å²) in [5, 5.41) is 0.837. The molecule has 0 spiro atoms. The maximum atomic E-state index is 13.6. The van der Waals surface area contributed by atoms with Gasteiger partial charge in [0.05, 0.1) is 13.2 Å². The van der Waals surface area contributed by atoms with Gasteiger partial charge >= 0.3 is 0 Å². The van der Waals surface area contributed by atoms with Crippen molar-refractivity contribution >= 4 is 22.7 Å². The number of ether oxygens (including phenoxy) is 1. The molecule has 7 heteroatoms. The van der Waals surface area contributed by atoms with Gasteiger partial charge in [0.25, 0.3) is 5.91 Å². The van der Waals surface area contributed by atoms with Crippen LogP contribution in [-0.4, -0.2) is 47.1 Å². The SMILES string of the molecule is CCOc1ccc2cc(C(=O)N3C[C@H](F)C[C@H]3C(N)=O)[nH]c2c1. The first-order chi connectivity index (χ1) is 11.0. The summed E-state index contributed by atoms with van der Waals surface area (Å²) in [7, 11) is 0. The molecule has 0 bridgehead atoms. The third kappa shape index (κ3) is 2.86. The molecule has 2 aromatic rings. The molecular formula is C16H18FN3O3. The maximum Gasteiger partial charge on any atom is 0.271 e. The van der Waals surface area contributed by atoms with E-state index in [-0.39, 0.29) is 13.0 Å². The zero-order valence-electron chi connectivity index (χ0n) is 12.7. The van der Waals surface area contributed by atoms with Crippen molar-refractivity contribution in [1.29, 1.82) is 0 Å². The van der Waals surface area contributed by atoms with Crippen LogP contribution in [0.3, 0.4) is 0 Å². The molecule has 0 saturated carbocycles. The van der Waals surface area contributed by atoms with Gasteiger partial charge in [-0.1, -0.05) is 0 Å². The van der Waals surface area contributed by atoms with Crippen LogP contribution >= 0.6 is 0 Å². The van der Waals surface area contributed by atoms with Gasteiger partial charge in [-0.15, -0.1) is 0 Å². The highest BCUT2D eigenvalue weighted by Crippen LogP contribution is 2.25. The Labute approximate surface area is 132 Å². The first-order valence-electron chi connectivity index (χ1n) is 7.49. The summed E-state index contributed by atoms with van der Waals surface area (Å²) >= 11 is 0. The van der Waals surface area contributed by atoms with Crippen molar-refractivity contribution < 1.29 is 18.7 Å². The van der Waals surface area contributed by atoms with Crippen molar-refractivity contribution in [2.75, 3.05) is 13.2 Å². The molecule has 0 radical (unpaired) electrons. The van der Waals surface area contributed by atoms with E-state index >= 15 is 0 Å². The van der Waals surface area contributed by atoms with Crippen molar-refractivity contribution in [3.8, 4) is 5.75 Å². The first-order valence-corrected chi connectivity index (χ1v) is 7.49. The first kappa shape index (κ1) is 15.3. The Kier molecular flexibility index (Phi) is 3.94. The fourth-order valence-electron chi connectivity index (χ4n) is 2.91. The van der Waals surface area contributed by atoms with Gasteiger partial charge in [0.2, 0.25) is 5.91 Å². The number of nitrogens with one attached hydrogen (secondary N) is 1. The molecule has 1 fully saturated rings. The van der Waals surface area contributed by atoms with E-state index in [1.807, 2.05) is 19.1 Å². The molecule has 3 rings (SSSR count). The number of benzene rings is 1. The highest BCUT2D eigenvalue weighted by atomic mass is 19.1. The summed E-state index contributed by atoms with van der Waals surface area (Å²) in [4.78, 5) is 28.2. The van der Waals surface area contributed by atoms with Crippen LogP contribution in [0.4, 0.5) is 4.39 Å². The molecule has 1 aliphatic rings. The quantitative estimate of drug-likeness (QED) is 0.897. The van der Waals surface area contributed by atoms with Gasteiger partial charge < -0.3 is 20.4 Å². The van der Waals surface area contributed by atoms with Gasteiger partial charge in [0.15, 0.2) is 0 Å². The third-order valence-corrected chi connectivity index (χ3v) is 3.97. The zero-order valence-corrected chi connectivity index (χ0v) is 12.7. The summed E-state index contributed by atoms with van der Waals surface area (Å²) in [6, 6.07) is 6.22. The Hall–Kier alpha value is -2.57. The second-order valence-corrected chi connectivity index (χ2v) is 5.57. The standard InChI is InChI=1S/C16H18FN3O3/c1-2-23-11-4-3-9-5-13(19-12(9)7-11)16(22)20-8-10(17)6-14(20)15(18)21/h3-5,7,10,14,19H,2,6,8H2,1H3,(H2,18,21)/t10-,14+/m1/s1. The summed E-state index contributed by atoms with van der Waals surface area (Å²) in [6.07, 6.45) is -1.28. The number of aromatic amines is 1. The van der Waals surface area contributed by atoms with E-state index in [0.29, 0.717) is 18.1 Å². The van der Waals surface area contributed by atoms with Gasteiger partial charge in [-0.2, -0.15) is 0 Å². The molecule has 2 heterocycles. The largest absolute Gasteiger partial charge is 0.494 e. The molecule has 0 aliphatic carbocycles. The van der Waals surface area contributed by atoms with Crippen molar-refractivity contribution in [2.24, 2.45) is 5.73 Å². The normalized spacial score (nSPS) is 20.9. The average Bonchev–Trinajstić information content (AvgIpc) is 3.10. The van der Waals surface area contributed by atoms with Crippen molar-refractivity contribution in [1.82, 2.24) is 9.88 Å². The lowest BCUT2D eigenvalue weighted by atomic mass is 10.2. The third-order valence-electron chi connectivity index (χ3n) is 3.97. The number of alkyl halides is 1. The smallest absolute Gasteiger partial charge is 0.271 e. The molecule has 2 atom stereocenters. The van der Waals surface area contributed by atoms with Gasteiger partial charge in [-0.05, 0) is 25.1 Å². The van der Waals surface area contributed by atoms with Crippen LogP contribution in [0.5, 0.6) is 5.75 Å². The van der Waals surface area contributed by atoms with E-state index in [4.69, 9.17) is 10.5 Å². The number of primary amides is 1. The van der Waals surface area contributed by atoms with Crippen molar-refractivity contribution in [3.05, 3.63) is 30.0 Å². The van der Waals surface area contributed by atoms with Gasteiger partial charge in [-0.3, -0.25) is 9.59 Å². The van der Waals surface area contributed by atoms with E-state index < -0.39 is 24.0 Å². The topological polar surface area (TPSA) is 88.4 Å². The number of rotatable bonds is 4. The lowest BCUT2D eigenvalue weighted by Crippen LogP contribution is -2.43. The lowest BCUT2D eigenvalue weighted by molar-refractivity contribution is -0.121. The molecule has 0 unspecified atom stereocenters. The number of hydrogen-bond acceptors (Lipinski definition) is 3. The Bertz CT molecular complexity index is 758. The Balaban J connectivity index is 1.90. The van der Waals surface area contributed by atoms with Crippen LogP contribution in [-0.2, 0) is 4.79 Å². The van der Waals surface area contributed by atoms with Crippen LogP contribution < -0.4 is 10.5 Å². The maximum absolute atomic E-state index is 13.6. The van der Waals surface area contributed by atoms with E-state index in [9.17, 15) is 14.0 Å². The van der Waals surface area contributed by atoms with E-state index in [0.717, 1.165) is 10.9 Å². The molecule has 6 nitrogen and oxygen atoms in total. The molecule has 1 aromatic carbocycles. The molecule has 3 N–H and O–H groups in total. The predicted molar refractivity (Wildman–Crippen MR) is 83.0 cm³/mol. The average molecular weight is 319 g/mol. The number of amides is 2. The number of carbonyl (C=O) groups excluding carboxylic acids is 2. The minimum Gasteiger partial charge on any atom is -0.494 e. The summed E-state index contributed by atoms with van der Waals surface area (Å²) in [5.74, 6) is -0.419. The molecule has 1 aliphatic heterocycles. The van der Waals surface area contributed by atoms with E-state index in [1.165, 1.54) is 4.90 Å². The highest BCUT2D eigenvalue weighted by Gasteiger charge is 2.39. The van der Waals surface area contributed by atoms with Crippen LogP contribution in [0.2, 0.25) is 0 Å². The molecule has 1 aromatic heterocycles. The number of fused-ring (bicyclic) bond motifs is 1. The lowest BCUT2D eigenvalue weighted by Gasteiger charge is -2.20. The molecule has 2 amide bonds. The summed E-state index contributed by atoms with van der Waals surface area (Å²) in [5.41, 5.74) is 6.31. The second kappa shape index (κ2) is 5.91. The van der Waals surface area contributed by atoms with Crippen molar-refractivity contribution in [3.63, 3.8) is 0 Å². The number of halogens is 1. The van der Waals surface area contributed by atoms with Gasteiger partial charge in [-0.25, -0.2) is 4.39 Å². The van der Waals surface area contributed by atoms with Crippen LogP contribution in [0.25, 0.3) is 10.9 Å². The van der Waals surface area contributed by atoms with Crippen LogP contribution in [0.1, 0.15) is 23.8 Å². The van der Waals surface area contributed by atoms with Crippen LogP contribution in [0, 0.1) is 0 Å². The molecular weight excluding hydrogens is 301 g/mol. The van der Waals surface area contributed by atoms with Crippen molar-refractivity contribution in [2.45, 2.75) is 25.6 Å². The fourth-order valence-corrected chi connectivity index (χ4v) is 2.91. The number of H-pyrrole nitrogens is 1. The second-order valence-electron chi connectivity index (χ2n) is 5.57. The number of carbonyl (C=O) groups is 2. The Morgan fingerprint density at radius 3 is 2.91 bits per heavy atom. The van der Waals surface area contributed by atoms with Gasteiger partial charge in [0.1, 0.15) is 23.7 Å². The Morgan fingerprint density at radius 1 is 1.43 bits per heavy atom. The van der Waals surface area contributed by atoms with Crippen LogP contribution in [0.15, 0.2) is 24.3 Å². The molecule has 122 valence electrons. The number of nitrogens with two attached hydrogens (primary N) is 1. The van der Waals surface area contributed by atoms with E-state index in [2.05, 4.69) is 4.98 Å². The highest BCUT2D eigenvalue weighted by molar-refractivity contribution is 6.00. The summed E-state index contributed by atoms with van der Waals surface area (Å²) in [6.45, 7) is 2.31. The summed E-state index contributed by atoms with van der Waals surface area (Å²) < 4.78 is 19.0. The molecule has 1 saturated heterocycles. The number of hydrogen-bond donors (Lipinski definition) is 2. The minimum atomic E-state index is -1.23. The fraction of sp³-hybridized carbons (Fsp3) is 0.375. The monoisotopic (exact) mass is 319 g/mol. The minimum absolute atomic E-state index is 0.0458. The predicted octanol–water partition coefficient (Wildman–Crippen LogP) is 1.60. The molecule has 23 heavy (non-hydrogen) atoms. The number of likely N-dealkylation sites (tertiary alicyclic amines) is 1. The van der Waals surface area contributed by atoms with E-state index in [1.54, 1.807) is 12.1 Å². The Morgan fingerprint density at radius 2 is 2.22 bits per heavy atom. The number of aromatic nitrogens is 1. The number of nitrogens with zero attached hydrogens (tertiary/aromatic N) is 1. The van der Waals surface area contributed by atoms with Gasteiger partial charge in [0, 0.05) is 23.4 Å². The zero-order chi connectivity index (χ0) is 16.6.